The summed E-state index contributed by atoms with van der Waals surface area (Å²) in [6, 6.07) is 5.20. The standard InChI is InChI=1S/C13H18FN/c1-8-5-11(14)4-3-10(8)7-13(15)12-6-9(12)2/h3-5,9,12-13H,6-7,15H2,1-2H3. The summed E-state index contributed by atoms with van der Waals surface area (Å²) >= 11 is 0. The second kappa shape index (κ2) is 3.93. The Kier molecular flexibility index (Phi) is 2.79. The lowest BCUT2D eigenvalue weighted by molar-refractivity contribution is 0.557. The summed E-state index contributed by atoms with van der Waals surface area (Å²) in [5, 5.41) is 0. The molecule has 2 heteroatoms. The third-order valence-corrected chi connectivity index (χ3v) is 3.48. The molecular formula is C13H18FN. The van der Waals surface area contributed by atoms with Crippen LogP contribution in [-0.2, 0) is 6.42 Å². The van der Waals surface area contributed by atoms with Crippen LogP contribution in [0, 0.1) is 24.6 Å². The van der Waals surface area contributed by atoms with Gasteiger partial charge in [-0.3, -0.25) is 0 Å². The van der Waals surface area contributed by atoms with E-state index in [0.717, 1.165) is 17.9 Å². The highest BCUT2D eigenvalue weighted by molar-refractivity contribution is 5.27. The SMILES string of the molecule is Cc1cc(F)ccc1CC(N)C1CC1C. The lowest BCUT2D eigenvalue weighted by Gasteiger charge is -2.12. The average molecular weight is 207 g/mol. The van der Waals surface area contributed by atoms with Gasteiger partial charge < -0.3 is 5.73 Å². The number of halogens is 1. The molecule has 3 unspecified atom stereocenters. The van der Waals surface area contributed by atoms with Gasteiger partial charge in [-0.15, -0.1) is 0 Å². The van der Waals surface area contributed by atoms with E-state index in [1.165, 1.54) is 18.1 Å². The molecule has 1 fully saturated rings. The van der Waals surface area contributed by atoms with Crippen LogP contribution in [0.5, 0.6) is 0 Å². The van der Waals surface area contributed by atoms with Crippen molar-refractivity contribution in [3.63, 3.8) is 0 Å². The van der Waals surface area contributed by atoms with Crippen LogP contribution in [0.25, 0.3) is 0 Å². The molecule has 0 bridgehead atoms. The molecule has 0 aromatic heterocycles. The third-order valence-electron chi connectivity index (χ3n) is 3.48. The summed E-state index contributed by atoms with van der Waals surface area (Å²) in [6.45, 7) is 4.18. The van der Waals surface area contributed by atoms with E-state index in [9.17, 15) is 4.39 Å². The fourth-order valence-electron chi connectivity index (χ4n) is 2.24. The van der Waals surface area contributed by atoms with E-state index in [2.05, 4.69) is 6.92 Å². The molecule has 1 aliphatic carbocycles. The Morgan fingerprint density at radius 1 is 1.53 bits per heavy atom. The van der Waals surface area contributed by atoms with Crippen LogP contribution < -0.4 is 5.73 Å². The summed E-state index contributed by atoms with van der Waals surface area (Å²) in [5.41, 5.74) is 8.31. The highest BCUT2D eigenvalue weighted by Crippen LogP contribution is 2.40. The van der Waals surface area contributed by atoms with Crippen molar-refractivity contribution in [2.45, 2.75) is 32.7 Å². The van der Waals surface area contributed by atoms with Crippen LogP contribution in [-0.4, -0.2) is 6.04 Å². The molecule has 0 amide bonds. The molecule has 1 aromatic rings. The number of benzene rings is 1. The molecule has 82 valence electrons. The molecule has 2 rings (SSSR count). The summed E-state index contributed by atoms with van der Waals surface area (Å²) in [6.07, 6.45) is 2.13. The van der Waals surface area contributed by atoms with Gasteiger partial charge in [-0.1, -0.05) is 13.0 Å². The van der Waals surface area contributed by atoms with Crippen LogP contribution in [0.15, 0.2) is 18.2 Å². The maximum Gasteiger partial charge on any atom is 0.123 e. The van der Waals surface area contributed by atoms with Crippen molar-refractivity contribution in [3.05, 3.63) is 35.1 Å². The first-order valence-electron chi connectivity index (χ1n) is 5.58. The van der Waals surface area contributed by atoms with E-state index in [4.69, 9.17) is 5.73 Å². The molecule has 0 saturated heterocycles. The lowest BCUT2D eigenvalue weighted by Crippen LogP contribution is -2.26. The summed E-state index contributed by atoms with van der Waals surface area (Å²) in [5.74, 6) is 1.29. The molecule has 15 heavy (non-hydrogen) atoms. The smallest absolute Gasteiger partial charge is 0.123 e. The predicted molar refractivity (Wildman–Crippen MR) is 60.1 cm³/mol. The maximum atomic E-state index is 12.9. The number of nitrogens with two attached hydrogens (primary N) is 1. The van der Waals surface area contributed by atoms with Crippen molar-refractivity contribution < 1.29 is 4.39 Å². The van der Waals surface area contributed by atoms with Gasteiger partial charge in [0.2, 0.25) is 0 Å². The van der Waals surface area contributed by atoms with E-state index in [-0.39, 0.29) is 11.9 Å². The Labute approximate surface area is 90.5 Å². The Hall–Kier alpha value is -0.890. The maximum absolute atomic E-state index is 12.9. The zero-order chi connectivity index (χ0) is 11.0. The molecule has 0 heterocycles. The van der Waals surface area contributed by atoms with Crippen LogP contribution in [0.4, 0.5) is 4.39 Å². The molecular weight excluding hydrogens is 189 g/mol. The second-order valence-corrected chi connectivity index (χ2v) is 4.82. The molecule has 3 atom stereocenters. The second-order valence-electron chi connectivity index (χ2n) is 4.82. The molecule has 2 N–H and O–H groups in total. The van der Waals surface area contributed by atoms with Crippen molar-refractivity contribution in [1.82, 2.24) is 0 Å². The number of hydrogen-bond donors (Lipinski definition) is 1. The van der Waals surface area contributed by atoms with Gasteiger partial charge in [0.1, 0.15) is 5.82 Å². The minimum absolute atomic E-state index is 0.162. The van der Waals surface area contributed by atoms with E-state index in [0.29, 0.717) is 5.92 Å². The predicted octanol–water partition coefficient (Wildman–Crippen LogP) is 2.66. The molecule has 1 nitrogen and oxygen atoms in total. The van der Waals surface area contributed by atoms with Gasteiger partial charge in [0, 0.05) is 6.04 Å². The first kappa shape index (κ1) is 10.6. The van der Waals surface area contributed by atoms with Crippen LogP contribution in [0.1, 0.15) is 24.5 Å². The Bertz CT molecular complexity index is 362. The zero-order valence-electron chi connectivity index (χ0n) is 9.33. The highest BCUT2D eigenvalue weighted by atomic mass is 19.1. The van der Waals surface area contributed by atoms with Crippen molar-refractivity contribution >= 4 is 0 Å². The minimum atomic E-state index is -0.162. The van der Waals surface area contributed by atoms with Gasteiger partial charge in [-0.2, -0.15) is 0 Å². The first-order valence-corrected chi connectivity index (χ1v) is 5.58. The quantitative estimate of drug-likeness (QED) is 0.810. The van der Waals surface area contributed by atoms with Crippen molar-refractivity contribution in [1.29, 1.82) is 0 Å². The van der Waals surface area contributed by atoms with E-state index in [1.54, 1.807) is 6.07 Å². The highest BCUT2D eigenvalue weighted by Gasteiger charge is 2.37. The minimum Gasteiger partial charge on any atom is -0.327 e. The van der Waals surface area contributed by atoms with Gasteiger partial charge in [0.05, 0.1) is 0 Å². The van der Waals surface area contributed by atoms with E-state index in [1.807, 2.05) is 13.0 Å². The summed E-state index contributed by atoms with van der Waals surface area (Å²) in [7, 11) is 0. The van der Waals surface area contributed by atoms with Gasteiger partial charge in [0.25, 0.3) is 0 Å². The van der Waals surface area contributed by atoms with Crippen LogP contribution in [0.3, 0.4) is 0 Å². The van der Waals surface area contributed by atoms with Gasteiger partial charge in [-0.05, 0) is 54.9 Å². The topological polar surface area (TPSA) is 26.0 Å². The van der Waals surface area contributed by atoms with Gasteiger partial charge in [-0.25, -0.2) is 4.39 Å². The van der Waals surface area contributed by atoms with Gasteiger partial charge >= 0.3 is 0 Å². The Balaban J connectivity index is 2.04. The molecule has 0 radical (unpaired) electrons. The van der Waals surface area contributed by atoms with E-state index < -0.39 is 0 Å². The summed E-state index contributed by atoms with van der Waals surface area (Å²) in [4.78, 5) is 0. The fourth-order valence-corrected chi connectivity index (χ4v) is 2.24. The monoisotopic (exact) mass is 207 g/mol. The van der Waals surface area contributed by atoms with Crippen LogP contribution >= 0.6 is 0 Å². The van der Waals surface area contributed by atoms with Crippen LogP contribution in [0.2, 0.25) is 0 Å². The Morgan fingerprint density at radius 2 is 2.20 bits per heavy atom. The summed E-state index contributed by atoms with van der Waals surface area (Å²) < 4.78 is 12.9. The number of hydrogen-bond acceptors (Lipinski definition) is 1. The van der Waals surface area contributed by atoms with Crippen molar-refractivity contribution in [2.24, 2.45) is 17.6 Å². The molecule has 1 aliphatic rings. The Morgan fingerprint density at radius 3 is 2.73 bits per heavy atom. The molecule has 0 aliphatic heterocycles. The number of aryl methyl sites for hydroxylation is 1. The first-order chi connectivity index (χ1) is 7.08. The fraction of sp³-hybridized carbons (Fsp3) is 0.538. The largest absolute Gasteiger partial charge is 0.327 e. The molecule has 1 aromatic carbocycles. The van der Waals surface area contributed by atoms with Crippen molar-refractivity contribution in [3.8, 4) is 0 Å². The van der Waals surface area contributed by atoms with E-state index >= 15 is 0 Å². The molecule has 1 saturated carbocycles. The number of rotatable bonds is 3. The van der Waals surface area contributed by atoms with Crippen molar-refractivity contribution in [2.75, 3.05) is 0 Å². The normalized spacial score (nSPS) is 26.4. The third kappa shape index (κ3) is 2.37. The van der Waals surface area contributed by atoms with Gasteiger partial charge in [0.15, 0.2) is 0 Å². The lowest BCUT2D eigenvalue weighted by atomic mass is 9.98. The average Bonchev–Trinajstić information content (AvgIpc) is 2.88. The zero-order valence-corrected chi connectivity index (χ0v) is 9.33. The molecule has 0 spiro atoms.